The minimum atomic E-state index is -4.38. The highest BCUT2D eigenvalue weighted by Crippen LogP contribution is 2.31. The fourth-order valence-corrected chi connectivity index (χ4v) is 2.19. The zero-order valence-electron chi connectivity index (χ0n) is 10.2. The Bertz CT molecular complexity index is 559. The van der Waals surface area contributed by atoms with Gasteiger partial charge in [0.2, 0.25) is 0 Å². The van der Waals surface area contributed by atoms with Crippen LogP contribution in [0.5, 0.6) is 0 Å². The minimum Gasteiger partial charge on any atom is -0.364 e. The third-order valence-corrected chi connectivity index (χ3v) is 3.15. The SMILES string of the molecule is Cc1cc(NCc2csc(C(F)(F)F)n2)nc(C)n1. The molecule has 0 aliphatic heterocycles. The number of anilines is 1. The first-order valence-electron chi connectivity index (χ1n) is 5.42. The zero-order valence-corrected chi connectivity index (χ0v) is 11.1. The van der Waals surface area contributed by atoms with Crippen molar-refractivity contribution in [2.45, 2.75) is 26.6 Å². The van der Waals surface area contributed by atoms with Gasteiger partial charge in [-0.15, -0.1) is 11.3 Å². The van der Waals surface area contributed by atoms with E-state index in [2.05, 4.69) is 20.3 Å². The van der Waals surface area contributed by atoms with Crippen LogP contribution in [-0.2, 0) is 12.7 Å². The average molecular weight is 288 g/mol. The van der Waals surface area contributed by atoms with Crippen molar-refractivity contribution in [1.29, 1.82) is 0 Å². The third-order valence-electron chi connectivity index (χ3n) is 2.21. The first-order chi connectivity index (χ1) is 8.84. The molecule has 2 rings (SSSR count). The number of rotatable bonds is 3. The summed E-state index contributed by atoms with van der Waals surface area (Å²) >= 11 is 0.589. The molecule has 2 aromatic rings. The number of nitrogens with one attached hydrogen (secondary N) is 1. The van der Waals surface area contributed by atoms with Crippen LogP contribution in [0.4, 0.5) is 19.0 Å². The van der Waals surface area contributed by atoms with Crippen molar-refractivity contribution >= 4 is 17.2 Å². The second kappa shape index (κ2) is 5.12. The monoisotopic (exact) mass is 288 g/mol. The fraction of sp³-hybridized carbons (Fsp3) is 0.364. The van der Waals surface area contributed by atoms with Gasteiger partial charge < -0.3 is 5.32 Å². The van der Waals surface area contributed by atoms with E-state index in [1.807, 2.05) is 6.92 Å². The van der Waals surface area contributed by atoms with Crippen LogP contribution in [0.15, 0.2) is 11.4 Å². The fourth-order valence-electron chi connectivity index (χ4n) is 1.51. The van der Waals surface area contributed by atoms with Crippen LogP contribution in [-0.4, -0.2) is 15.0 Å². The quantitative estimate of drug-likeness (QED) is 0.942. The Morgan fingerprint density at radius 1 is 1.21 bits per heavy atom. The number of nitrogens with zero attached hydrogens (tertiary/aromatic N) is 3. The van der Waals surface area contributed by atoms with E-state index >= 15 is 0 Å². The van der Waals surface area contributed by atoms with Gasteiger partial charge in [0.05, 0.1) is 12.2 Å². The van der Waals surface area contributed by atoms with E-state index in [0.717, 1.165) is 5.69 Å². The Labute approximate surface area is 111 Å². The summed E-state index contributed by atoms with van der Waals surface area (Å²) in [6.45, 7) is 3.77. The molecule has 19 heavy (non-hydrogen) atoms. The number of alkyl halides is 3. The molecule has 8 heteroatoms. The number of aromatic nitrogens is 3. The molecule has 2 aromatic heterocycles. The lowest BCUT2D eigenvalue weighted by Gasteiger charge is -2.05. The second-order valence-corrected chi connectivity index (χ2v) is 4.80. The van der Waals surface area contributed by atoms with Gasteiger partial charge in [0.15, 0.2) is 5.01 Å². The van der Waals surface area contributed by atoms with Crippen molar-refractivity contribution in [1.82, 2.24) is 15.0 Å². The summed E-state index contributed by atoms with van der Waals surface area (Å²) in [7, 11) is 0. The standard InChI is InChI=1S/C11H11F3N4S/c1-6-3-9(17-7(2)16-6)15-4-8-5-19-10(18-8)11(12,13)14/h3,5H,4H2,1-2H3,(H,15,16,17). The third kappa shape index (κ3) is 3.63. The molecule has 0 aromatic carbocycles. The van der Waals surface area contributed by atoms with E-state index in [-0.39, 0.29) is 6.54 Å². The Balaban J connectivity index is 2.04. The molecule has 0 aliphatic carbocycles. The smallest absolute Gasteiger partial charge is 0.364 e. The Morgan fingerprint density at radius 3 is 2.53 bits per heavy atom. The molecule has 1 N–H and O–H groups in total. The molecule has 0 bridgehead atoms. The van der Waals surface area contributed by atoms with Gasteiger partial charge in [-0.3, -0.25) is 0 Å². The molecule has 0 atom stereocenters. The van der Waals surface area contributed by atoms with Crippen molar-refractivity contribution in [3.8, 4) is 0 Å². The maximum Gasteiger partial charge on any atom is 0.443 e. The normalized spacial score (nSPS) is 11.6. The van der Waals surface area contributed by atoms with Crippen molar-refractivity contribution < 1.29 is 13.2 Å². The van der Waals surface area contributed by atoms with E-state index in [1.165, 1.54) is 5.38 Å². The van der Waals surface area contributed by atoms with Gasteiger partial charge in [-0.05, 0) is 13.8 Å². The summed E-state index contributed by atoms with van der Waals surface area (Å²) in [5.41, 5.74) is 1.13. The molecule has 0 spiro atoms. The molecule has 0 fully saturated rings. The molecule has 0 saturated carbocycles. The number of hydrogen-bond donors (Lipinski definition) is 1. The first-order valence-corrected chi connectivity index (χ1v) is 6.30. The lowest BCUT2D eigenvalue weighted by Crippen LogP contribution is -2.07. The topological polar surface area (TPSA) is 50.7 Å². The maximum absolute atomic E-state index is 12.4. The highest BCUT2D eigenvalue weighted by Gasteiger charge is 2.34. The average Bonchev–Trinajstić information content (AvgIpc) is 2.73. The van der Waals surface area contributed by atoms with Crippen LogP contribution in [0.3, 0.4) is 0 Å². The summed E-state index contributed by atoms with van der Waals surface area (Å²) in [5, 5.41) is 3.48. The highest BCUT2D eigenvalue weighted by atomic mass is 32.1. The van der Waals surface area contributed by atoms with Crippen LogP contribution in [0.1, 0.15) is 22.2 Å². The van der Waals surface area contributed by atoms with Crippen LogP contribution >= 0.6 is 11.3 Å². The van der Waals surface area contributed by atoms with Crippen LogP contribution < -0.4 is 5.32 Å². The predicted octanol–water partition coefficient (Wildman–Crippen LogP) is 3.18. The molecule has 0 amide bonds. The molecule has 0 unspecified atom stereocenters. The Morgan fingerprint density at radius 2 is 1.95 bits per heavy atom. The maximum atomic E-state index is 12.4. The Kier molecular flexibility index (Phi) is 3.70. The lowest BCUT2D eigenvalue weighted by molar-refractivity contribution is -0.137. The van der Waals surface area contributed by atoms with Gasteiger partial charge in [-0.2, -0.15) is 13.2 Å². The van der Waals surface area contributed by atoms with E-state index in [9.17, 15) is 13.2 Å². The Hall–Kier alpha value is -1.70. The number of thiazole rings is 1. The summed E-state index contributed by atoms with van der Waals surface area (Å²) in [5.74, 6) is 1.18. The van der Waals surface area contributed by atoms with E-state index in [0.29, 0.717) is 28.7 Å². The van der Waals surface area contributed by atoms with Gasteiger partial charge in [-0.1, -0.05) is 0 Å². The first kappa shape index (κ1) is 13.7. The summed E-state index contributed by atoms with van der Waals surface area (Å²) in [6.07, 6.45) is -4.38. The second-order valence-electron chi connectivity index (χ2n) is 3.94. The molecule has 0 aliphatic rings. The van der Waals surface area contributed by atoms with Crippen molar-refractivity contribution in [2.24, 2.45) is 0 Å². The van der Waals surface area contributed by atoms with Gasteiger partial charge >= 0.3 is 6.18 Å². The van der Waals surface area contributed by atoms with Crippen LogP contribution in [0, 0.1) is 13.8 Å². The number of aryl methyl sites for hydroxylation is 2. The predicted molar refractivity (Wildman–Crippen MR) is 65.9 cm³/mol. The number of halogens is 3. The van der Waals surface area contributed by atoms with Gasteiger partial charge in [0, 0.05) is 17.1 Å². The minimum absolute atomic E-state index is 0.197. The van der Waals surface area contributed by atoms with E-state index in [1.54, 1.807) is 13.0 Å². The van der Waals surface area contributed by atoms with Crippen LogP contribution in [0.25, 0.3) is 0 Å². The van der Waals surface area contributed by atoms with Gasteiger partial charge in [-0.25, -0.2) is 15.0 Å². The molecular weight excluding hydrogens is 277 g/mol. The van der Waals surface area contributed by atoms with Crippen LogP contribution in [0.2, 0.25) is 0 Å². The molecule has 4 nitrogen and oxygen atoms in total. The molecular formula is C11H11F3N4S. The highest BCUT2D eigenvalue weighted by molar-refractivity contribution is 7.09. The molecule has 102 valence electrons. The van der Waals surface area contributed by atoms with Crippen molar-refractivity contribution in [3.63, 3.8) is 0 Å². The van der Waals surface area contributed by atoms with E-state index < -0.39 is 11.2 Å². The zero-order chi connectivity index (χ0) is 14.0. The molecule has 0 saturated heterocycles. The van der Waals surface area contributed by atoms with Crippen molar-refractivity contribution in [3.05, 3.63) is 33.7 Å². The van der Waals surface area contributed by atoms with Crippen molar-refractivity contribution in [2.75, 3.05) is 5.32 Å². The largest absolute Gasteiger partial charge is 0.443 e. The van der Waals surface area contributed by atoms with Gasteiger partial charge in [0.1, 0.15) is 11.6 Å². The number of hydrogen-bond acceptors (Lipinski definition) is 5. The summed E-state index contributed by atoms with van der Waals surface area (Å²) in [4.78, 5) is 11.8. The molecule has 2 heterocycles. The van der Waals surface area contributed by atoms with E-state index in [4.69, 9.17) is 0 Å². The lowest BCUT2D eigenvalue weighted by atomic mass is 10.4. The van der Waals surface area contributed by atoms with Gasteiger partial charge in [0.25, 0.3) is 0 Å². The molecule has 0 radical (unpaired) electrons. The summed E-state index contributed by atoms with van der Waals surface area (Å²) in [6, 6.07) is 1.73. The summed E-state index contributed by atoms with van der Waals surface area (Å²) < 4.78 is 37.1.